The second kappa shape index (κ2) is 8.49. The smallest absolute Gasteiger partial charge is 0.291 e. The molecule has 2 heterocycles. The summed E-state index contributed by atoms with van der Waals surface area (Å²) in [5.41, 5.74) is 1.57. The van der Waals surface area contributed by atoms with Gasteiger partial charge < -0.3 is 19.5 Å². The van der Waals surface area contributed by atoms with E-state index in [0.717, 1.165) is 0 Å². The van der Waals surface area contributed by atoms with Gasteiger partial charge in [-0.05, 0) is 60.7 Å². The largest absolute Gasteiger partial charge is 0.459 e. The van der Waals surface area contributed by atoms with E-state index in [2.05, 4.69) is 10.6 Å². The Hall–Kier alpha value is -3.48. The third kappa shape index (κ3) is 4.40. The number of benzene rings is 2. The minimum Gasteiger partial charge on any atom is -0.459 e. The van der Waals surface area contributed by atoms with Crippen molar-refractivity contribution in [2.45, 2.75) is 0 Å². The summed E-state index contributed by atoms with van der Waals surface area (Å²) in [6, 6.07) is 18.1. The summed E-state index contributed by atoms with van der Waals surface area (Å²) < 4.78 is 10.7. The highest BCUT2D eigenvalue weighted by atomic mass is 35.5. The monoisotopic (exact) mass is 440 g/mol. The van der Waals surface area contributed by atoms with Crippen LogP contribution in [0.2, 0.25) is 10.0 Å². The molecular formula is C22H14Cl2N2O4. The Morgan fingerprint density at radius 1 is 0.767 bits per heavy atom. The molecule has 4 aromatic rings. The van der Waals surface area contributed by atoms with E-state index >= 15 is 0 Å². The predicted molar refractivity (Wildman–Crippen MR) is 115 cm³/mol. The lowest BCUT2D eigenvalue weighted by molar-refractivity contribution is 0.0990. The van der Waals surface area contributed by atoms with Crippen LogP contribution in [0, 0.1) is 0 Å². The van der Waals surface area contributed by atoms with Crippen LogP contribution in [0.5, 0.6) is 0 Å². The summed E-state index contributed by atoms with van der Waals surface area (Å²) in [6.45, 7) is 0. The molecular weight excluding hydrogens is 427 g/mol. The van der Waals surface area contributed by atoms with Gasteiger partial charge in [0.1, 0.15) is 5.76 Å². The first-order chi connectivity index (χ1) is 14.5. The van der Waals surface area contributed by atoms with Crippen LogP contribution in [-0.2, 0) is 0 Å². The molecule has 4 rings (SSSR count). The number of carbonyl (C=O) groups excluding carboxylic acids is 2. The predicted octanol–water partition coefficient (Wildman–Crippen LogP) is 6.35. The molecule has 0 aliphatic heterocycles. The van der Waals surface area contributed by atoms with E-state index in [9.17, 15) is 9.59 Å². The Morgan fingerprint density at radius 3 is 2.20 bits per heavy atom. The molecule has 0 saturated heterocycles. The van der Waals surface area contributed by atoms with Crippen molar-refractivity contribution in [1.29, 1.82) is 0 Å². The summed E-state index contributed by atoms with van der Waals surface area (Å²) in [7, 11) is 0. The summed E-state index contributed by atoms with van der Waals surface area (Å²) in [4.78, 5) is 24.7. The normalized spacial score (nSPS) is 10.6. The molecule has 2 amide bonds. The molecule has 30 heavy (non-hydrogen) atoms. The zero-order valence-electron chi connectivity index (χ0n) is 15.3. The first-order valence-corrected chi connectivity index (χ1v) is 9.57. The summed E-state index contributed by atoms with van der Waals surface area (Å²) in [5, 5.41) is 6.40. The van der Waals surface area contributed by atoms with Gasteiger partial charge >= 0.3 is 0 Å². The van der Waals surface area contributed by atoms with E-state index in [1.165, 1.54) is 6.26 Å². The summed E-state index contributed by atoms with van der Waals surface area (Å²) in [5.74, 6) is -0.128. The highest BCUT2D eigenvalue weighted by Gasteiger charge is 2.15. The molecule has 2 N–H and O–H groups in total. The van der Waals surface area contributed by atoms with E-state index in [-0.39, 0.29) is 11.5 Å². The zero-order chi connectivity index (χ0) is 21.1. The van der Waals surface area contributed by atoms with Crippen molar-refractivity contribution in [3.63, 3.8) is 0 Å². The lowest BCUT2D eigenvalue weighted by Crippen LogP contribution is -2.13. The fourth-order valence-corrected chi connectivity index (χ4v) is 3.14. The van der Waals surface area contributed by atoms with Gasteiger partial charge in [0.05, 0.1) is 11.3 Å². The first kappa shape index (κ1) is 19.8. The quantitative estimate of drug-likeness (QED) is 0.378. The topological polar surface area (TPSA) is 84.5 Å². The summed E-state index contributed by atoms with van der Waals surface area (Å²) >= 11 is 12.2. The SMILES string of the molecule is O=C(Nc1cccc(NC(=O)c2ccc(-c3cc(Cl)ccc3Cl)o2)c1)c1ccco1. The van der Waals surface area contributed by atoms with Gasteiger partial charge in [0.2, 0.25) is 0 Å². The molecule has 2 aromatic carbocycles. The van der Waals surface area contributed by atoms with Crippen LogP contribution in [0.15, 0.2) is 81.8 Å². The maximum atomic E-state index is 12.6. The van der Waals surface area contributed by atoms with Crippen molar-refractivity contribution >= 4 is 46.4 Å². The molecule has 0 spiro atoms. The van der Waals surface area contributed by atoms with Crippen molar-refractivity contribution in [2.24, 2.45) is 0 Å². The number of anilines is 2. The van der Waals surface area contributed by atoms with Crippen LogP contribution in [-0.4, -0.2) is 11.8 Å². The highest BCUT2D eigenvalue weighted by molar-refractivity contribution is 6.35. The van der Waals surface area contributed by atoms with Crippen LogP contribution < -0.4 is 10.6 Å². The Morgan fingerprint density at radius 2 is 1.50 bits per heavy atom. The molecule has 0 radical (unpaired) electrons. The maximum Gasteiger partial charge on any atom is 0.291 e. The number of furan rings is 2. The van der Waals surface area contributed by atoms with Crippen LogP contribution >= 0.6 is 23.2 Å². The van der Waals surface area contributed by atoms with E-state index in [1.54, 1.807) is 66.7 Å². The van der Waals surface area contributed by atoms with Crippen LogP contribution in [0.25, 0.3) is 11.3 Å². The third-order valence-corrected chi connectivity index (χ3v) is 4.71. The number of nitrogens with one attached hydrogen (secondary N) is 2. The second-order valence-corrected chi connectivity index (χ2v) is 7.10. The van der Waals surface area contributed by atoms with E-state index in [1.807, 2.05) is 0 Å². The molecule has 150 valence electrons. The van der Waals surface area contributed by atoms with Gasteiger partial charge in [0, 0.05) is 22.0 Å². The molecule has 0 bridgehead atoms. The molecule has 0 unspecified atom stereocenters. The fraction of sp³-hybridized carbons (Fsp3) is 0. The molecule has 6 nitrogen and oxygen atoms in total. The lowest BCUT2D eigenvalue weighted by atomic mass is 10.2. The molecule has 0 aliphatic rings. The van der Waals surface area contributed by atoms with Gasteiger partial charge in [-0.2, -0.15) is 0 Å². The van der Waals surface area contributed by atoms with Gasteiger partial charge in [-0.25, -0.2) is 0 Å². The highest BCUT2D eigenvalue weighted by Crippen LogP contribution is 2.32. The van der Waals surface area contributed by atoms with Gasteiger partial charge in [-0.1, -0.05) is 29.3 Å². The van der Waals surface area contributed by atoms with Crippen LogP contribution in [0.1, 0.15) is 21.1 Å². The number of halogens is 2. The fourth-order valence-electron chi connectivity index (χ4n) is 2.76. The minimum absolute atomic E-state index is 0.103. The van der Waals surface area contributed by atoms with Crippen molar-refractivity contribution in [2.75, 3.05) is 10.6 Å². The van der Waals surface area contributed by atoms with E-state index in [0.29, 0.717) is 32.7 Å². The number of amides is 2. The molecule has 0 atom stereocenters. The van der Waals surface area contributed by atoms with Crippen molar-refractivity contribution < 1.29 is 18.4 Å². The van der Waals surface area contributed by atoms with E-state index in [4.69, 9.17) is 32.0 Å². The van der Waals surface area contributed by atoms with Crippen molar-refractivity contribution in [3.05, 3.63) is 94.6 Å². The first-order valence-electron chi connectivity index (χ1n) is 8.81. The second-order valence-electron chi connectivity index (χ2n) is 6.25. The summed E-state index contributed by atoms with van der Waals surface area (Å²) in [6.07, 6.45) is 1.42. The van der Waals surface area contributed by atoms with Crippen molar-refractivity contribution in [3.8, 4) is 11.3 Å². The number of rotatable bonds is 5. The number of carbonyl (C=O) groups is 2. The van der Waals surface area contributed by atoms with Crippen molar-refractivity contribution in [1.82, 2.24) is 0 Å². The maximum absolute atomic E-state index is 12.6. The molecule has 0 saturated carbocycles. The number of hydrogen-bond acceptors (Lipinski definition) is 4. The number of hydrogen-bond donors (Lipinski definition) is 2. The molecule has 2 aromatic heterocycles. The average Bonchev–Trinajstić information content (AvgIpc) is 3.42. The Kier molecular flexibility index (Phi) is 5.61. The molecule has 0 fully saturated rings. The lowest BCUT2D eigenvalue weighted by Gasteiger charge is -2.07. The van der Waals surface area contributed by atoms with Gasteiger partial charge in [-0.3, -0.25) is 9.59 Å². The van der Waals surface area contributed by atoms with Crippen LogP contribution in [0.4, 0.5) is 11.4 Å². The molecule has 0 aliphatic carbocycles. The standard InChI is InChI=1S/C22H14Cl2N2O4/c23-13-6-7-17(24)16(11-13)18-8-9-20(30-18)22(28)26-15-4-1-3-14(12-15)25-21(27)19-5-2-10-29-19/h1-12H,(H,25,27)(H,26,28). The van der Waals surface area contributed by atoms with Gasteiger partial charge in [-0.15, -0.1) is 0 Å². The Balaban J connectivity index is 1.47. The Labute approximate surface area is 181 Å². The minimum atomic E-state index is -0.450. The van der Waals surface area contributed by atoms with E-state index < -0.39 is 11.8 Å². The molecule has 8 heteroatoms. The third-order valence-electron chi connectivity index (χ3n) is 4.15. The van der Waals surface area contributed by atoms with Gasteiger partial charge in [0.25, 0.3) is 11.8 Å². The van der Waals surface area contributed by atoms with Gasteiger partial charge in [0.15, 0.2) is 11.5 Å². The zero-order valence-corrected chi connectivity index (χ0v) is 16.8. The average molecular weight is 441 g/mol. The van der Waals surface area contributed by atoms with Crippen LogP contribution in [0.3, 0.4) is 0 Å². The Bertz CT molecular complexity index is 1220.